The van der Waals surface area contributed by atoms with E-state index >= 15 is 0 Å². The standard InChI is InChI=1S/C19H17ClN2O2/c1-11(2)15-10-18(23)22-17-9-12(7-8-13(15)17)21-19(24)14-5-3-4-6-16(14)20/h3-11H,1-2H3,(H,21,24)(H,22,23). The van der Waals surface area contributed by atoms with Crippen molar-refractivity contribution >= 4 is 34.1 Å². The predicted molar refractivity (Wildman–Crippen MR) is 98.1 cm³/mol. The van der Waals surface area contributed by atoms with E-state index in [0.717, 1.165) is 10.9 Å². The Morgan fingerprint density at radius 3 is 2.58 bits per heavy atom. The number of carbonyl (C=O) groups is 1. The molecule has 0 fully saturated rings. The third kappa shape index (κ3) is 3.19. The van der Waals surface area contributed by atoms with E-state index in [-0.39, 0.29) is 17.4 Å². The van der Waals surface area contributed by atoms with Gasteiger partial charge in [0.2, 0.25) is 5.56 Å². The van der Waals surface area contributed by atoms with Gasteiger partial charge in [-0.1, -0.05) is 43.6 Å². The molecule has 2 N–H and O–H groups in total. The van der Waals surface area contributed by atoms with Gasteiger partial charge < -0.3 is 10.3 Å². The maximum absolute atomic E-state index is 12.3. The van der Waals surface area contributed by atoms with Crippen molar-refractivity contribution in [2.24, 2.45) is 0 Å². The van der Waals surface area contributed by atoms with Gasteiger partial charge in [-0.3, -0.25) is 9.59 Å². The summed E-state index contributed by atoms with van der Waals surface area (Å²) in [6, 6.07) is 14.0. The molecule has 3 rings (SSSR count). The van der Waals surface area contributed by atoms with Crippen molar-refractivity contribution in [3.63, 3.8) is 0 Å². The molecule has 0 bridgehead atoms. The van der Waals surface area contributed by atoms with Crippen LogP contribution in [0.4, 0.5) is 5.69 Å². The zero-order valence-electron chi connectivity index (χ0n) is 13.4. The lowest BCUT2D eigenvalue weighted by Crippen LogP contribution is -2.13. The summed E-state index contributed by atoms with van der Waals surface area (Å²) in [5, 5.41) is 4.18. The van der Waals surface area contributed by atoms with Crippen LogP contribution in [0.15, 0.2) is 53.3 Å². The fourth-order valence-corrected chi connectivity index (χ4v) is 2.91. The van der Waals surface area contributed by atoms with E-state index in [1.165, 1.54) is 0 Å². The summed E-state index contributed by atoms with van der Waals surface area (Å²) in [5.41, 5.74) is 2.54. The summed E-state index contributed by atoms with van der Waals surface area (Å²) in [6.45, 7) is 4.09. The Bertz CT molecular complexity index is 977. The van der Waals surface area contributed by atoms with Gasteiger partial charge in [-0.15, -0.1) is 0 Å². The van der Waals surface area contributed by atoms with E-state index in [1.807, 2.05) is 26.0 Å². The van der Waals surface area contributed by atoms with Crippen LogP contribution in [0.25, 0.3) is 10.9 Å². The lowest BCUT2D eigenvalue weighted by Gasteiger charge is -2.11. The highest BCUT2D eigenvalue weighted by atomic mass is 35.5. The summed E-state index contributed by atoms with van der Waals surface area (Å²) >= 11 is 6.05. The number of fused-ring (bicyclic) bond motifs is 1. The molecule has 3 aromatic rings. The molecule has 0 aliphatic carbocycles. The summed E-state index contributed by atoms with van der Waals surface area (Å²) in [4.78, 5) is 27.0. The molecular weight excluding hydrogens is 324 g/mol. The van der Waals surface area contributed by atoms with Crippen LogP contribution in [-0.2, 0) is 0 Å². The highest BCUT2D eigenvalue weighted by Gasteiger charge is 2.12. The molecule has 0 aliphatic rings. The molecule has 1 amide bonds. The maximum Gasteiger partial charge on any atom is 0.257 e. The van der Waals surface area contributed by atoms with Crippen molar-refractivity contribution in [3.8, 4) is 0 Å². The number of nitrogens with one attached hydrogen (secondary N) is 2. The van der Waals surface area contributed by atoms with Crippen LogP contribution in [0.3, 0.4) is 0 Å². The molecule has 1 heterocycles. The normalized spacial score (nSPS) is 11.0. The maximum atomic E-state index is 12.3. The number of anilines is 1. The Labute approximate surface area is 144 Å². The fourth-order valence-electron chi connectivity index (χ4n) is 2.69. The van der Waals surface area contributed by atoms with Crippen LogP contribution in [0.1, 0.15) is 35.7 Å². The smallest absolute Gasteiger partial charge is 0.257 e. The second kappa shape index (κ2) is 6.49. The number of halogens is 1. The van der Waals surface area contributed by atoms with Crippen molar-refractivity contribution in [2.75, 3.05) is 5.32 Å². The number of H-pyrrole nitrogens is 1. The number of carbonyl (C=O) groups excluding carboxylic acids is 1. The van der Waals surface area contributed by atoms with Crippen LogP contribution < -0.4 is 10.9 Å². The average molecular weight is 341 g/mol. The zero-order valence-corrected chi connectivity index (χ0v) is 14.1. The van der Waals surface area contributed by atoms with Gasteiger partial charge in [-0.2, -0.15) is 0 Å². The SMILES string of the molecule is CC(C)c1cc(=O)[nH]c2cc(NC(=O)c3ccccc3Cl)ccc12. The Kier molecular flexibility index (Phi) is 4.40. The number of aromatic nitrogens is 1. The van der Waals surface area contributed by atoms with Crippen molar-refractivity contribution in [1.29, 1.82) is 0 Å². The number of aromatic amines is 1. The number of hydrogen-bond acceptors (Lipinski definition) is 2. The van der Waals surface area contributed by atoms with Gasteiger partial charge in [-0.05, 0) is 35.7 Å². The Morgan fingerprint density at radius 2 is 1.88 bits per heavy atom. The second-order valence-corrected chi connectivity index (χ2v) is 6.35. The Hall–Kier alpha value is -2.59. The van der Waals surface area contributed by atoms with E-state index in [1.54, 1.807) is 36.4 Å². The summed E-state index contributed by atoms with van der Waals surface area (Å²) in [5.74, 6) is -0.0549. The van der Waals surface area contributed by atoms with Gasteiger partial charge in [0, 0.05) is 17.1 Å². The van der Waals surface area contributed by atoms with Gasteiger partial charge in [0.05, 0.1) is 16.1 Å². The van der Waals surface area contributed by atoms with Gasteiger partial charge in [0.15, 0.2) is 0 Å². The molecule has 0 saturated heterocycles. The molecule has 122 valence electrons. The summed E-state index contributed by atoms with van der Waals surface area (Å²) < 4.78 is 0. The summed E-state index contributed by atoms with van der Waals surface area (Å²) in [6.07, 6.45) is 0. The topological polar surface area (TPSA) is 62.0 Å². The molecule has 24 heavy (non-hydrogen) atoms. The minimum Gasteiger partial charge on any atom is -0.322 e. The quantitative estimate of drug-likeness (QED) is 0.734. The first kappa shape index (κ1) is 16.3. The number of amides is 1. The number of hydrogen-bond donors (Lipinski definition) is 2. The first-order valence-electron chi connectivity index (χ1n) is 7.68. The van der Waals surface area contributed by atoms with E-state index in [0.29, 0.717) is 21.8 Å². The van der Waals surface area contributed by atoms with Crippen molar-refractivity contribution in [3.05, 3.63) is 75.0 Å². The van der Waals surface area contributed by atoms with E-state index in [2.05, 4.69) is 10.3 Å². The number of rotatable bonds is 3. The first-order valence-corrected chi connectivity index (χ1v) is 8.06. The number of benzene rings is 2. The van der Waals surface area contributed by atoms with E-state index in [9.17, 15) is 9.59 Å². The minimum absolute atomic E-state index is 0.152. The van der Waals surface area contributed by atoms with Gasteiger partial charge in [-0.25, -0.2) is 0 Å². The van der Waals surface area contributed by atoms with E-state index in [4.69, 9.17) is 11.6 Å². The third-order valence-electron chi connectivity index (χ3n) is 3.87. The average Bonchev–Trinajstić information content (AvgIpc) is 2.54. The van der Waals surface area contributed by atoms with Crippen LogP contribution in [0, 0.1) is 0 Å². The lowest BCUT2D eigenvalue weighted by molar-refractivity contribution is 0.102. The van der Waals surface area contributed by atoms with Crippen LogP contribution in [-0.4, -0.2) is 10.9 Å². The third-order valence-corrected chi connectivity index (χ3v) is 4.20. The Morgan fingerprint density at radius 1 is 1.12 bits per heavy atom. The van der Waals surface area contributed by atoms with Crippen molar-refractivity contribution < 1.29 is 4.79 Å². The van der Waals surface area contributed by atoms with Crippen LogP contribution in [0.2, 0.25) is 5.02 Å². The minimum atomic E-state index is -0.290. The Balaban J connectivity index is 1.98. The molecule has 2 aromatic carbocycles. The first-order chi connectivity index (χ1) is 11.5. The molecule has 0 radical (unpaired) electrons. The van der Waals surface area contributed by atoms with Crippen molar-refractivity contribution in [1.82, 2.24) is 4.98 Å². The molecule has 0 atom stereocenters. The van der Waals surface area contributed by atoms with Crippen LogP contribution in [0.5, 0.6) is 0 Å². The number of pyridine rings is 1. The van der Waals surface area contributed by atoms with Crippen molar-refractivity contribution in [2.45, 2.75) is 19.8 Å². The van der Waals surface area contributed by atoms with E-state index < -0.39 is 0 Å². The highest BCUT2D eigenvalue weighted by molar-refractivity contribution is 6.34. The van der Waals surface area contributed by atoms with Gasteiger partial charge >= 0.3 is 0 Å². The molecule has 0 saturated carbocycles. The largest absolute Gasteiger partial charge is 0.322 e. The second-order valence-electron chi connectivity index (χ2n) is 5.94. The molecule has 0 aliphatic heterocycles. The molecule has 5 heteroatoms. The lowest BCUT2D eigenvalue weighted by atomic mass is 9.99. The highest BCUT2D eigenvalue weighted by Crippen LogP contribution is 2.25. The van der Waals surface area contributed by atoms with Gasteiger partial charge in [0.1, 0.15) is 0 Å². The molecule has 0 unspecified atom stereocenters. The molecule has 0 spiro atoms. The summed E-state index contributed by atoms with van der Waals surface area (Å²) in [7, 11) is 0. The fraction of sp³-hybridized carbons (Fsp3) is 0.158. The molecule has 1 aromatic heterocycles. The zero-order chi connectivity index (χ0) is 17.3. The molecule has 4 nitrogen and oxygen atoms in total. The monoisotopic (exact) mass is 340 g/mol. The molecular formula is C19H17ClN2O2. The predicted octanol–water partition coefficient (Wildman–Crippen LogP) is 4.56. The van der Waals surface area contributed by atoms with Gasteiger partial charge in [0.25, 0.3) is 5.91 Å². The van der Waals surface area contributed by atoms with Crippen LogP contribution >= 0.6 is 11.6 Å².